The predicted octanol–water partition coefficient (Wildman–Crippen LogP) is 3.76. The van der Waals surface area contributed by atoms with Gasteiger partial charge in [-0.3, -0.25) is 10.1 Å². The average Bonchev–Trinajstić information content (AvgIpc) is 2.47. The Kier molecular flexibility index (Phi) is 4.98. The zero-order chi connectivity index (χ0) is 14.4. The molecule has 0 fully saturated rings. The number of nitrogens with one attached hydrogen (secondary N) is 1. The van der Waals surface area contributed by atoms with Crippen LogP contribution in [0.2, 0.25) is 0 Å². The van der Waals surface area contributed by atoms with Crippen LogP contribution in [0.1, 0.15) is 26.2 Å². The number of benzene rings is 1. The van der Waals surface area contributed by atoms with Gasteiger partial charge in [0.15, 0.2) is 0 Å². The molecule has 1 aliphatic carbocycles. The van der Waals surface area contributed by atoms with Crippen LogP contribution in [-0.2, 0) is 0 Å². The first kappa shape index (κ1) is 14.4. The van der Waals surface area contributed by atoms with Crippen molar-refractivity contribution >= 4 is 11.4 Å². The Morgan fingerprint density at radius 1 is 1.45 bits per heavy atom. The number of rotatable bonds is 6. The van der Waals surface area contributed by atoms with E-state index in [9.17, 15) is 10.1 Å². The SMILES string of the molecule is CCOc1ccc(NCC2CC=CCC2)c([N+](=O)[O-])c1. The molecule has 1 atom stereocenters. The third-order valence-corrected chi connectivity index (χ3v) is 3.44. The summed E-state index contributed by atoms with van der Waals surface area (Å²) in [5, 5.41) is 14.3. The summed E-state index contributed by atoms with van der Waals surface area (Å²) in [7, 11) is 0. The quantitative estimate of drug-likeness (QED) is 0.488. The lowest BCUT2D eigenvalue weighted by atomic mass is 9.94. The summed E-state index contributed by atoms with van der Waals surface area (Å²) in [6, 6.07) is 4.97. The smallest absolute Gasteiger partial charge is 0.296 e. The van der Waals surface area contributed by atoms with Crippen LogP contribution in [0, 0.1) is 16.0 Å². The van der Waals surface area contributed by atoms with Gasteiger partial charge in [-0.1, -0.05) is 12.2 Å². The third-order valence-electron chi connectivity index (χ3n) is 3.44. The van der Waals surface area contributed by atoms with Crippen molar-refractivity contribution in [2.24, 2.45) is 5.92 Å². The summed E-state index contributed by atoms with van der Waals surface area (Å²) < 4.78 is 5.30. The fourth-order valence-electron chi connectivity index (χ4n) is 2.36. The molecule has 0 heterocycles. The second-order valence-corrected chi connectivity index (χ2v) is 4.90. The molecule has 2 rings (SSSR count). The first-order chi connectivity index (χ1) is 9.70. The van der Waals surface area contributed by atoms with Gasteiger partial charge < -0.3 is 10.1 Å². The second kappa shape index (κ2) is 6.93. The lowest BCUT2D eigenvalue weighted by Gasteiger charge is -2.18. The van der Waals surface area contributed by atoms with E-state index in [0.717, 1.165) is 25.8 Å². The average molecular weight is 276 g/mol. The van der Waals surface area contributed by atoms with Crippen LogP contribution in [0.15, 0.2) is 30.4 Å². The van der Waals surface area contributed by atoms with Crippen LogP contribution in [0.25, 0.3) is 0 Å². The van der Waals surface area contributed by atoms with E-state index in [1.54, 1.807) is 12.1 Å². The van der Waals surface area contributed by atoms with E-state index in [1.807, 2.05) is 6.92 Å². The summed E-state index contributed by atoms with van der Waals surface area (Å²) in [5.74, 6) is 1.08. The van der Waals surface area contributed by atoms with Gasteiger partial charge in [0.2, 0.25) is 0 Å². The molecule has 1 aromatic carbocycles. The van der Waals surface area contributed by atoms with Gasteiger partial charge >= 0.3 is 0 Å². The van der Waals surface area contributed by atoms with Crippen LogP contribution in [0.5, 0.6) is 5.75 Å². The third kappa shape index (κ3) is 3.73. The van der Waals surface area contributed by atoms with Crippen LogP contribution >= 0.6 is 0 Å². The molecule has 0 saturated carbocycles. The first-order valence-electron chi connectivity index (χ1n) is 7.00. The maximum absolute atomic E-state index is 11.1. The molecule has 0 spiro atoms. The van der Waals surface area contributed by atoms with Gasteiger partial charge in [0.1, 0.15) is 11.4 Å². The Morgan fingerprint density at radius 3 is 2.95 bits per heavy atom. The largest absolute Gasteiger partial charge is 0.494 e. The second-order valence-electron chi connectivity index (χ2n) is 4.90. The van der Waals surface area contributed by atoms with Crippen molar-refractivity contribution in [3.8, 4) is 5.75 Å². The highest BCUT2D eigenvalue weighted by atomic mass is 16.6. The topological polar surface area (TPSA) is 64.4 Å². The standard InChI is InChI=1S/C15H20N2O3/c1-2-20-13-8-9-14(15(10-13)17(18)19)16-11-12-6-4-3-5-7-12/h3-4,8-10,12,16H,2,5-7,11H2,1H3. The van der Waals surface area contributed by atoms with Crippen molar-refractivity contribution in [3.63, 3.8) is 0 Å². The maximum atomic E-state index is 11.1. The molecule has 108 valence electrons. The van der Waals surface area contributed by atoms with Crippen LogP contribution in [0.4, 0.5) is 11.4 Å². The number of hydrogen-bond donors (Lipinski definition) is 1. The Balaban J connectivity index is 2.05. The highest BCUT2D eigenvalue weighted by Crippen LogP contribution is 2.30. The molecule has 1 aromatic rings. The van der Waals surface area contributed by atoms with E-state index in [-0.39, 0.29) is 10.6 Å². The Labute approximate surface area is 118 Å². The monoisotopic (exact) mass is 276 g/mol. The van der Waals surface area contributed by atoms with Gasteiger partial charge in [-0.15, -0.1) is 0 Å². The molecule has 1 aliphatic rings. The van der Waals surface area contributed by atoms with Gasteiger partial charge in [0, 0.05) is 6.54 Å². The minimum atomic E-state index is -0.369. The molecule has 0 saturated heterocycles. The van der Waals surface area contributed by atoms with Gasteiger partial charge in [-0.2, -0.15) is 0 Å². The molecule has 1 unspecified atom stereocenters. The van der Waals surface area contributed by atoms with Gasteiger partial charge in [-0.25, -0.2) is 0 Å². The molecular formula is C15H20N2O3. The molecule has 0 radical (unpaired) electrons. The fourth-order valence-corrected chi connectivity index (χ4v) is 2.36. The van der Waals surface area contributed by atoms with E-state index in [4.69, 9.17) is 4.74 Å². The van der Waals surface area contributed by atoms with Gasteiger partial charge in [0.25, 0.3) is 5.69 Å². The fraction of sp³-hybridized carbons (Fsp3) is 0.467. The van der Waals surface area contributed by atoms with Crippen molar-refractivity contribution in [1.82, 2.24) is 0 Å². The van der Waals surface area contributed by atoms with Crippen molar-refractivity contribution < 1.29 is 9.66 Å². The lowest BCUT2D eigenvalue weighted by molar-refractivity contribution is -0.384. The number of hydrogen-bond acceptors (Lipinski definition) is 4. The zero-order valence-corrected chi connectivity index (χ0v) is 11.7. The zero-order valence-electron chi connectivity index (χ0n) is 11.7. The summed E-state index contributed by atoms with van der Waals surface area (Å²) in [4.78, 5) is 10.8. The summed E-state index contributed by atoms with van der Waals surface area (Å²) in [6.45, 7) is 3.12. The molecule has 20 heavy (non-hydrogen) atoms. The van der Waals surface area contributed by atoms with Crippen molar-refractivity contribution in [3.05, 3.63) is 40.5 Å². The number of ether oxygens (including phenoxy) is 1. The predicted molar refractivity (Wildman–Crippen MR) is 79.2 cm³/mol. The summed E-state index contributed by atoms with van der Waals surface area (Å²) in [6.07, 6.45) is 7.64. The van der Waals surface area contributed by atoms with E-state index in [0.29, 0.717) is 24.0 Å². The molecule has 0 aromatic heterocycles. The Morgan fingerprint density at radius 2 is 2.30 bits per heavy atom. The van der Waals surface area contributed by atoms with Gasteiger partial charge in [0.05, 0.1) is 17.6 Å². The van der Waals surface area contributed by atoms with E-state index < -0.39 is 0 Å². The van der Waals surface area contributed by atoms with Crippen LogP contribution in [0.3, 0.4) is 0 Å². The number of nitro groups is 1. The minimum absolute atomic E-state index is 0.0716. The Bertz CT molecular complexity index is 500. The number of anilines is 1. The lowest BCUT2D eigenvalue weighted by Crippen LogP contribution is -2.16. The summed E-state index contributed by atoms with van der Waals surface area (Å²) in [5.41, 5.74) is 0.635. The Hall–Kier alpha value is -2.04. The summed E-state index contributed by atoms with van der Waals surface area (Å²) >= 11 is 0. The first-order valence-corrected chi connectivity index (χ1v) is 7.00. The minimum Gasteiger partial charge on any atom is -0.494 e. The van der Waals surface area contributed by atoms with E-state index >= 15 is 0 Å². The van der Waals surface area contributed by atoms with E-state index in [1.165, 1.54) is 6.07 Å². The van der Waals surface area contributed by atoms with Crippen LogP contribution < -0.4 is 10.1 Å². The number of nitro benzene ring substituents is 1. The molecule has 1 N–H and O–H groups in total. The van der Waals surface area contributed by atoms with Crippen molar-refractivity contribution in [2.45, 2.75) is 26.2 Å². The highest BCUT2D eigenvalue weighted by molar-refractivity contribution is 5.63. The molecule has 0 bridgehead atoms. The molecule has 5 heteroatoms. The normalized spacial score (nSPS) is 17.8. The van der Waals surface area contributed by atoms with Crippen LogP contribution in [-0.4, -0.2) is 18.1 Å². The molecular weight excluding hydrogens is 256 g/mol. The number of allylic oxidation sites excluding steroid dienone is 2. The van der Waals surface area contributed by atoms with Gasteiger partial charge in [-0.05, 0) is 44.2 Å². The van der Waals surface area contributed by atoms with E-state index in [2.05, 4.69) is 17.5 Å². The number of nitrogens with zero attached hydrogens (tertiary/aromatic N) is 1. The van der Waals surface area contributed by atoms with Crippen molar-refractivity contribution in [1.29, 1.82) is 0 Å². The van der Waals surface area contributed by atoms with Crippen molar-refractivity contribution in [2.75, 3.05) is 18.5 Å². The molecule has 0 aliphatic heterocycles. The maximum Gasteiger partial charge on any atom is 0.296 e. The molecule has 5 nitrogen and oxygen atoms in total. The molecule has 0 amide bonds. The highest BCUT2D eigenvalue weighted by Gasteiger charge is 2.17.